The number of nitrogen functional groups attached to an aromatic ring is 1. The molecule has 1 fully saturated rings. The van der Waals surface area contributed by atoms with Gasteiger partial charge in [-0.1, -0.05) is 26.2 Å². The van der Waals surface area contributed by atoms with Gasteiger partial charge in [-0.05, 0) is 37.0 Å². The first kappa shape index (κ1) is 13.7. The van der Waals surface area contributed by atoms with E-state index >= 15 is 0 Å². The Morgan fingerprint density at radius 1 is 1.32 bits per heavy atom. The quantitative estimate of drug-likeness (QED) is 0.577. The highest BCUT2D eigenvalue weighted by Crippen LogP contribution is 2.28. The summed E-state index contributed by atoms with van der Waals surface area (Å²) in [6.07, 6.45) is 6.03. The van der Waals surface area contributed by atoms with Gasteiger partial charge in [0.1, 0.15) is 0 Å². The van der Waals surface area contributed by atoms with Crippen molar-refractivity contribution in [2.24, 2.45) is 5.92 Å². The van der Waals surface area contributed by atoms with Crippen LogP contribution in [0.15, 0.2) is 18.2 Å². The fourth-order valence-electron chi connectivity index (χ4n) is 2.77. The van der Waals surface area contributed by atoms with Gasteiger partial charge in [-0.3, -0.25) is 0 Å². The summed E-state index contributed by atoms with van der Waals surface area (Å²) < 4.78 is 0. The number of nitrogens with one attached hydrogen (secondary N) is 1. The topological polar surface area (TPSA) is 75.3 Å². The van der Waals surface area contributed by atoms with E-state index in [1.807, 2.05) is 0 Å². The third-order valence-electron chi connectivity index (χ3n) is 3.98. The maximum absolute atomic E-state index is 11.2. The van der Waals surface area contributed by atoms with Crippen LogP contribution in [0, 0.1) is 5.92 Å². The number of carbonyl (C=O) groups is 1. The number of aromatic carboxylic acids is 1. The Bertz CT molecular complexity index is 459. The molecule has 0 aromatic heterocycles. The Balaban J connectivity index is 2.21. The number of rotatable bonds is 3. The molecule has 0 spiro atoms. The molecule has 1 aliphatic carbocycles. The fourth-order valence-corrected chi connectivity index (χ4v) is 2.77. The number of carboxylic acid groups (broad SMARTS) is 1. The van der Waals surface area contributed by atoms with Crippen molar-refractivity contribution in [2.75, 3.05) is 11.1 Å². The Kier molecular flexibility index (Phi) is 4.30. The van der Waals surface area contributed by atoms with Gasteiger partial charge in [0, 0.05) is 11.7 Å². The van der Waals surface area contributed by atoms with Gasteiger partial charge in [-0.15, -0.1) is 0 Å². The van der Waals surface area contributed by atoms with Crippen LogP contribution in [0.4, 0.5) is 11.4 Å². The van der Waals surface area contributed by atoms with Crippen molar-refractivity contribution in [3.63, 3.8) is 0 Å². The van der Waals surface area contributed by atoms with E-state index in [0.717, 1.165) is 6.42 Å². The molecule has 2 unspecified atom stereocenters. The molecule has 19 heavy (non-hydrogen) atoms. The second-order valence-electron chi connectivity index (χ2n) is 5.48. The van der Waals surface area contributed by atoms with Gasteiger partial charge in [0.25, 0.3) is 0 Å². The van der Waals surface area contributed by atoms with Crippen molar-refractivity contribution in [1.29, 1.82) is 0 Å². The van der Waals surface area contributed by atoms with Crippen molar-refractivity contribution in [2.45, 2.75) is 45.1 Å². The molecule has 1 aromatic carbocycles. The highest BCUT2D eigenvalue weighted by Gasteiger charge is 2.21. The van der Waals surface area contributed by atoms with Gasteiger partial charge in [0.2, 0.25) is 0 Å². The molecule has 0 amide bonds. The summed E-state index contributed by atoms with van der Waals surface area (Å²) in [6, 6.07) is 5.26. The van der Waals surface area contributed by atoms with E-state index in [1.165, 1.54) is 25.7 Å². The Morgan fingerprint density at radius 3 is 2.79 bits per heavy atom. The van der Waals surface area contributed by atoms with Gasteiger partial charge in [0.05, 0.1) is 11.3 Å². The summed E-state index contributed by atoms with van der Waals surface area (Å²) >= 11 is 0. The molecule has 1 aromatic rings. The number of benzene rings is 1. The Morgan fingerprint density at radius 2 is 2.05 bits per heavy atom. The van der Waals surface area contributed by atoms with Gasteiger partial charge >= 0.3 is 5.97 Å². The van der Waals surface area contributed by atoms with Gasteiger partial charge in [0.15, 0.2) is 0 Å². The number of hydrogen-bond donors (Lipinski definition) is 3. The summed E-state index contributed by atoms with van der Waals surface area (Å²) in [7, 11) is 0. The minimum absolute atomic E-state index is 0.297. The molecule has 0 saturated heterocycles. The molecule has 4 N–H and O–H groups in total. The molecule has 4 heteroatoms. The van der Waals surface area contributed by atoms with E-state index in [9.17, 15) is 9.90 Å². The Hall–Kier alpha value is -1.71. The van der Waals surface area contributed by atoms with Crippen LogP contribution in [0.1, 0.15) is 49.4 Å². The normalized spacial score (nSPS) is 23.6. The minimum Gasteiger partial charge on any atom is -0.478 e. The maximum Gasteiger partial charge on any atom is 0.337 e. The van der Waals surface area contributed by atoms with Crippen LogP contribution in [0.5, 0.6) is 0 Å². The second kappa shape index (κ2) is 5.95. The van der Waals surface area contributed by atoms with Crippen molar-refractivity contribution >= 4 is 17.3 Å². The molecule has 4 nitrogen and oxygen atoms in total. The van der Waals surface area contributed by atoms with Crippen molar-refractivity contribution in [3.8, 4) is 0 Å². The highest BCUT2D eigenvalue weighted by molar-refractivity contribution is 5.95. The fraction of sp³-hybridized carbons (Fsp3) is 0.533. The van der Waals surface area contributed by atoms with Crippen molar-refractivity contribution in [3.05, 3.63) is 23.8 Å². The van der Waals surface area contributed by atoms with Crippen LogP contribution >= 0.6 is 0 Å². The van der Waals surface area contributed by atoms with E-state index < -0.39 is 5.97 Å². The van der Waals surface area contributed by atoms with Gasteiger partial charge < -0.3 is 16.2 Å². The first-order chi connectivity index (χ1) is 9.08. The first-order valence-electron chi connectivity index (χ1n) is 6.97. The van der Waals surface area contributed by atoms with E-state index in [1.54, 1.807) is 18.2 Å². The van der Waals surface area contributed by atoms with E-state index in [4.69, 9.17) is 5.73 Å². The molecule has 0 bridgehead atoms. The largest absolute Gasteiger partial charge is 0.478 e. The van der Waals surface area contributed by atoms with Crippen molar-refractivity contribution < 1.29 is 9.90 Å². The summed E-state index contributed by atoms with van der Waals surface area (Å²) in [5, 5.41) is 12.6. The van der Waals surface area contributed by atoms with Gasteiger partial charge in [-0.25, -0.2) is 4.79 Å². The molecule has 104 valence electrons. The lowest BCUT2D eigenvalue weighted by molar-refractivity contribution is 0.0698. The predicted octanol–water partition coefficient (Wildman–Crippen LogP) is 3.35. The van der Waals surface area contributed by atoms with E-state index in [0.29, 0.717) is 28.9 Å². The zero-order chi connectivity index (χ0) is 13.8. The van der Waals surface area contributed by atoms with Crippen molar-refractivity contribution in [1.82, 2.24) is 0 Å². The zero-order valence-corrected chi connectivity index (χ0v) is 11.4. The summed E-state index contributed by atoms with van der Waals surface area (Å²) in [5.41, 5.74) is 7.30. The van der Waals surface area contributed by atoms with E-state index in [-0.39, 0.29) is 0 Å². The summed E-state index contributed by atoms with van der Waals surface area (Å²) in [4.78, 5) is 11.2. The average molecular weight is 262 g/mol. The van der Waals surface area contributed by atoms with Crippen LogP contribution in [-0.2, 0) is 0 Å². The molecule has 2 rings (SSSR count). The predicted molar refractivity (Wildman–Crippen MR) is 77.5 cm³/mol. The lowest BCUT2D eigenvalue weighted by Crippen LogP contribution is -2.27. The van der Waals surface area contributed by atoms with Crippen LogP contribution in [-0.4, -0.2) is 17.1 Å². The van der Waals surface area contributed by atoms with Crippen LogP contribution in [0.3, 0.4) is 0 Å². The Labute approximate surface area is 114 Å². The molecule has 1 aliphatic rings. The molecule has 1 saturated carbocycles. The number of hydrogen-bond acceptors (Lipinski definition) is 3. The number of anilines is 2. The lowest BCUT2D eigenvalue weighted by Gasteiger charge is -2.25. The third kappa shape index (κ3) is 3.40. The SMILES string of the molecule is CC1CCCCCC1Nc1cc(N)ccc1C(=O)O. The maximum atomic E-state index is 11.2. The van der Waals surface area contributed by atoms with Gasteiger partial charge in [-0.2, -0.15) is 0 Å². The molecular formula is C15H22N2O2. The molecule has 0 radical (unpaired) electrons. The first-order valence-corrected chi connectivity index (χ1v) is 6.97. The molecule has 0 heterocycles. The standard InChI is InChI=1S/C15H22N2O2/c1-10-5-3-2-4-6-13(10)17-14-9-11(16)7-8-12(14)15(18)19/h7-10,13,17H,2-6,16H2,1H3,(H,18,19). The minimum atomic E-state index is -0.913. The monoisotopic (exact) mass is 262 g/mol. The summed E-state index contributed by atoms with van der Waals surface area (Å²) in [5.74, 6) is -0.352. The summed E-state index contributed by atoms with van der Waals surface area (Å²) in [6.45, 7) is 2.23. The number of carboxylic acids is 1. The smallest absolute Gasteiger partial charge is 0.337 e. The van der Waals surface area contributed by atoms with Crippen LogP contribution in [0.2, 0.25) is 0 Å². The van der Waals surface area contributed by atoms with Crippen LogP contribution in [0.25, 0.3) is 0 Å². The van der Waals surface area contributed by atoms with E-state index in [2.05, 4.69) is 12.2 Å². The zero-order valence-electron chi connectivity index (χ0n) is 11.4. The molecular weight excluding hydrogens is 240 g/mol. The molecule has 0 aliphatic heterocycles. The second-order valence-corrected chi connectivity index (χ2v) is 5.48. The molecule has 2 atom stereocenters. The highest BCUT2D eigenvalue weighted by atomic mass is 16.4. The lowest BCUT2D eigenvalue weighted by atomic mass is 9.96. The van der Waals surface area contributed by atoms with Crippen LogP contribution < -0.4 is 11.1 Å². The average Bonchev–Trinajstić information content (AvgIpc) is 2.55. The third-order valence-corrected chi connectivity index (χ3v) is 3.98. The number of nitrogens with two attached hydrogens (primary N) is 1.